The van der Waals surface area contributed by atoms with E-state index in [4.69, 9.17) is 9.47 Å². The van der Waals surface area contributed by atoms with Crippen molar-refractivity contribution in [3.63, 3.8) is 0 Å². The topological polar surface area (TPSA) is 175 Å². The molecule has 0 saturated heterocycles. The van der Waals surface area contributed by atoms with Gasteiger partial charge in [0.2, 0.25) is 11.8 Å². The molecule has 0 aliphatic carbocycles. The van der Waals surface area contributed by atoms with E-state index >= 15 is 0 Å². The van der Waals surface area contributed by atoms with E-state index in [-0.39, 0.29) is 32.5 Å². The molecule has 12 nitrogen and oxygen atoms in total. The van der Waals surface area contributed by atoms with Crippen LogP contribution in [0.4, 0.5) is 9.59 Å². The molecule has 12 heteroatoms. The molecule has 6 N–H and O–H groups in total. The van der Waals surface area contributed by atoms with Crippen LogP contribution in [0.2, 0.25) is 0 Å². The van der Waals surface area contributed by atoms with Gasteiger partial charge in [0.25, 0.3) is 0 Å². The van der Waals surface area contributed by atoms with Crippen molar-refractivity contribution in [2.45, 2.75) is 104 Å². The highest BCUT2D eigenvalue weighted by Gasteiger charge is 2.40. The zero-order chi connectivity index (χ0) is 43.7. The molecule has 0 unspecified atom stereocenters. The summed E-state index contributed by atoms with van der Waals surface area (Å²) >= 11 is 0. The molecule has 322 valence electrons. The quantitative estimate of drug-likeness (QED) is 0.0623. The van der Waals surface area contributed by atoms with Crippen molar-refractivity contribution in [3.05, 3.63) is 144 Å². The predicted octanol–water partition coefficient (Wildman–Crippen LogP) is 6.48. The van der Waals surface area contributed by atoms with E-state index in [2.05, 4.69) is 21.3 Å². The largest absolute Gasteiger partial charge is 0.445 e. The second kappa shape index (κ2) is 22.6. The normalized spacial score (nSPS) is 14.6. The van der Waals surface area contributed by atoms with E-state index < -0.39 is 77.6 Å². The molecule has 0 bridgehead atoms. The SMILES string of the molecule is CC(C)(C)C[C@H](NC(=O)OCc1ccccc1)C(=O)N[C@@H](Cc1ccccc1)[C@@H](CO)[C@H](O)[C@H](Cc1ccccc1)NC(=O)[C@@H](NC(=O)OCc1ccccc1)C(C)(C)C. The summed E-state index contributed by atoms with van der Waals surface area (Å²) in [5, 5.41) is 34.9. The first-order chi connectivity index (χ1) is 28.5. The molecular formula is C48H62N4O8. The number of carbonyl (C=O) groups excluding carboxylic acids is 4. The molecule has 0 aliphatic heterocycles. The van der Waals surface area contributed by atoms with E-state index in [0.29, 0.717) is 0 Å². The Morgan fingerprint density at radius 1 is 0.550 bits per heavy atom. The number of aliphatic hydroxyl groups is 2. The van der Waals surface area contributed by atoms with Gasteiger partial charge in [-0.2, -0.15) is 0 Å². The summed E-state index contributed by atoms with van der Waals surface area (Å²) in [6, 6.07) is 33.0. The molecule has 6 atom stereocenters. The van der Waals surface area contributed by atoms with Gasteiger partial charge in [0.1, 0.15) is 25.3 Å². The van der Waals surface area contributed by atoms with Crippen molar-refractivity contribution < 1.29 is 38.9 Å². The highest BCUT2D eigenvalue weighted by atomic mass is 16.6. The summed E-state index contributed by atoms with van der Waals surface area (Å²) in [7, 11) is 0. The Morgan fingerprint density at radius 3 is 1.37 bits per heavy atom. The van der Waals surface area contributed by atoms with Crippen molar-refractivity contribution in [2.24, 2.45) is 16.7 Å². The maximum atomic E-state index is 14.3. The standard InChI is InChI=1S/C48H62N4O8/c1-47(2,3)29-40(51-45(57)59-31-35-23-15-9-16-24-35)43(55)49-38(27-33-19-11-7-12-20-33)37(30-53)41(54)39(28-34-21-13-8-14-22-34)50-44(56)42(48(4,5)6)52-46(58)60-32-36-25-17-10-18-26-36/h7-26,37-42,53-54H,27-32H2,1-6H3,(H,49,55)(H,50,56)(H,51,57)(H,52,58)/t37-,38+,39+,40+,41+,42-/m1/s1. The summed E-state index contributed by atoms with van der Waals surface area (Å²) < 4.78 is 10.9. The summed E-state index contributed by atoms with van der Waals surface area (Å²) in [5.74, 6) is -2.11. The summed E-state index contributed by atoms with van der Waals surface area (Å²) in [5.41, 5.74) is 2.02. The molecule has 60 heavy (non-hydrogen) atoms. The van der Waals surface area contributed by atoms with E-state index in [1.165, 1.54) is 0 Å². The number of carbonyl (C=O) groups is 4. The van der Waals surface area contributed by atoms with Crippen LogP contribution in [0.25, 0.3) is 0 Å². The molecule has 4 aromatic carbocycles. The molecule has 0 aliphatic rings. The van der Waals surface area contributed by atoms with Gasteiger partial charge < -0.3 is 41.0 Å². The fraction of sp³-hybridized carbons (Fsp3) is 0.417. The van der Waals surface area contributed by atoms with Crippen LogP contribution < -0.4 is 21.3 Å². The van der Waals surface area contributed by atoms with Gasteiger partial charge in [-0.25, -0.2) is 9.59 Å². The van der Waals surface area contributed by atoms with Gasteiger partial charge in [0.05, 0.1) is 18.8 Å². The fourth-order valence-electron chi connectivity index (χ4n) is 6.91. The third kappa shape index (κ3) is 15.8. The lowest BCUT2D eigenvalue weighted by molar-refractivity contribution is -0.129. The monoisotopic (exact) mass is 822 g/mol. The Balaban J connectivity index is 1.61. The molecule has 4 aromatic rings. The van der Waals surface area contributed by atoms with Crippen molar-refractivity contribution >= 4 is 24.0 Å². The van der Waals surface area contributed by atoms with Crippen LogP contribution >= 0.6 is 0 Å². The Hall–Kier alpha value is -5.72. The van der Waals surface area contributed by atoms with Crippen LogP contribution in [0.3, 0.4) is 0 Å². The van der Waals surface area contributed by atoms with Crippen LogP contribution in [0, 0.1) is 16.7 Å². The molecule has 0 aromatic heterocycles. The molecular weight excluding hydrogens is 761 g/mol. The minimum atomic E-state index is -1.41. The van der Waals surface area contributed by atoms with Crippen LogP contribution in [-0.4, -0.2) is 71.1 Å². The highest BCUT2D eigenvalue weighted by Crippen LogP contribution is 2.25. The van der Waals surface area contributed by atoms with Crippen LogP contribution in [0.1, 0.15) is 70.2 Å². The smallest absolute Gasteiger partial charge is 0.408 e. The van der Waals surface area contributed by atoms with Crippen molar-refractivity contribution in [2.75, 3.05) is 6.61 Å². The van der Waals surface area contributed by atoms with E-state index in [1.54, 1.807) is 20.8 Å². The van der Waals surface area contributed by atoms with Crippen molar-refractivity contribution in [3.8, 4) is 0 Å². The molecule has 0 radical (unpaired) electrons. The lowest BCUT2D eigenvalue weighted by Crippen LogP contribution is -2.61. The minimum absolute atomic E-state index is 0.00814. The first-order valence-electron chi connectivity index (χ1n) is 20.4. The van der Waals surface area contributed by atoms with Crippen LogP contribution in [0.5, 0.6) is 0 Å². The van der Waals surface area contributed by atoms with Crippen molar-refractivity contribution in [1.29, 1.82) is 0 Å². The zero-order valence-electron chi connectivity index (χ0n) is 35.6. The van der Waals surface area contributed by atoms with Gasteiger partial charge in [-0.3, -0.25) is 9.59 Å². The van der Waals surface area contributed by atoms with Gasteiger partial charge in [0, 0.05) is 12.0 Å². The molecule has 0 spiro atoms. The van der Waals surface area contributed by atoms with E-state index in [0.717, 1.165) is 22.3 Å². The zero-order valence-corrected chi connectivity index (χ0v) is 35.6. The Kier molecular flexibility index (Phi) is 17.7. The molecule has 0 heterocycles. The lowest BCUT2D eigenvalue weighted by atomic mass is 9.82. The third-order valence-electron chi connectivity index (χ3n) is 10.1. The van der Waals surface area contributed by atoms with Crippen molar-refractivity contribution in [1.82, 2.24) is 21.3 Å². The number of hydrogen-bond donors (Lipinski definition) is 6. The first-order valence-corrected chi connectivity index (χ1v) is 20.4. The molecule has 4 amide bonds. The van der Waals surface area contributed by atoms with Gasteiger partial charge in [-0.1, -0.05) is 163 Å². The Bertz CT molecular complexity index is 1920. The summed E-state index contributed by atoms with van der Waals surface area (Å²) in [6.45, 7) is 10.7. The minimum Gasteiger partial charge on any atom is -0.445 e. The van der Waals surface area contributed by atoms with Gasteiger partial charge in [0.15, 0.2) is 0 Å². The number of hydrogen-bond acceptors (Lipinski definition) is 8. The number of rotatable bonds is 19. The lowest BCUT2D eigenvalue weighted by Gasteiger charge is -2.37. The first kappa shape index (κ1) is 47.0. The van der Waals surface area contributed by atoms with E-state index in [9.17, 15) is 29.4 Å². The summed E-state index contributed by atoms with van der Waals surface area (Å²) in [6.07, 6.45) is -2.34. The Labute approximate surface area is 354 Å². The van der Waals surface area contributed by atoms with Crippen LogP contribution in [-0.2, 0) is 45.1 Å². The number of ether oxygens (including phenoxy) is 2. The van der Waals surface area contributed by atoms with E-state index in [1.807, 2.05) is 142 Å². The number of alkyl carbamates (subject to hydrolysis) is 2. The maximum Gasteiger partial charge on any atom is 0.408 e. The second-order valence-corrected chi connectivity index (χ2v) is 17.5. The third-order valence-corrected chi connectivity index (χ3v) is 10.1. The van der Waals surface area contributed by atoms with Crippen LogP contribution in [0.15, 0.2) is 121 Å². The molecule has 0 fully saturated rings. The highest BCUT2D eigenvalue weighted by molar-refractivity contribution is 5.87. The van der Waals surface area contributed by atoms with Gasteiger partial charge >= 0.3 is 12.2 Å². The second-order valence-electron chi connectivity index (χ2n) is 17.5. The molecule has 0 saturated carbocycles. The number of amides is 4. The fourth-order valence-corrected chi connectivity index (χ4v) is 6.91. The number of benzene rings is 4. The Morgan fingerprint density at radius 2 is 0.950 bits per heavy atom. The number of aliphatic hydroxyl groups excluding tert-OH is 2. The predicted molar refractivity (Wildman–Crippen MR) is 231 cm³/mol. The summed E-state index contributed by atoms with van der Waals surface area (Å²) in [4.78, 5) is 54.7. The van der Waals surface area contributed by atoms with Gasteiger partial charge in [-0.05, 0) is 52.3 Å². The molecule has 4 rings (SSSR count). The van der Waals surface area contributed by atoms with Gasteiger partial charge in [-0.15, -0.1) is 0 Å². The average Bonchev–Trinajstić information content (AvgIpc) is 3.21. The average molecular weight is 823 g/mol. The number of nitrogens with one attached hydrogen (secondary N) is 4. The maximum absolute atomic E-state index is 14.3.